The third-order valence-electron chi connectivity index (χ3n) is 0.707. The first-order chi connectivity index (χ1) is 4.86. The molecule has 0 rings (SSSR count). The smallest absolute Gasteiger partial charge is 0.450 e. The van der Waals surface area contributed by atoms with Crippen LogP contribution in [0.4, 0.5) is 4.79 Å². The maximum atomic E-state index is 9.84. The second-order valence-corrected chi connectivity index (χ2v) is 4.25. The zero-order valence-corrected chi connectivity index (χ0v) is 8.08. The number of halogens is 4. The minimum atomic E-state index is -1.60. The molecular formula is C4H4Cl4O3. The van der Waals surface area contributed by atoms with Crippen LogP contribution in [0.2, 0.25) is 0 Å². The molecule has 0 radical (unpaired) electrons. The van der Waals surface area contributed by atoms with Gasteiger partial charge >= 0.3 is 6.16 Å². The summed E-state index contributed by atoms with van der Waals surface area (Å²) in [5.41, 5.74) is 0. The minimum Gasteiger partial charge on any atom is -0.450 e. The molecule has 0 aromatic carbocycles. The van der Waals surface area contributed by atoms with Crippen molar-refractivity contribution >= 4 is 52.6 Å². The summed E-state index contributed by atoms with van der Waals surface area (Å²) in [5, 5.41) is 8.03. The Balaban J connectivity index is 3.82. The fourth-order valence-corrected chi connectivity index (χ4v) is 0.456. The van der Waals surface area contributed by atoms with Crippen LogP contribution in [0.15, 0.2) is 0 Å². The van der Waals surface area contributed by atoms with Gasteiger partial charge in [-0.1, -0.05) is 23.2 Å². The molecule has 0 aliphatic rings. The predicted octanol–water partition coefficient (Wildman–Crippen LogP) is 2.66. The molecule has 11 heavy (non-hydrogen) atoms. The molecule has 0 amide bonds. The molecule has 0 bridgehead atoms. The van der Waals surface area contributed by atoms with E-state index in [1.165, 1.54) is 0 Å². The number of rotatable bonds is 3. The largest absolute Gasteiger partial charge is 0.505 e. The summed E-state index contributed by atoms with van der Waals surface area (Å²) in [4.78, 5) is 8.74. The standard InChI is InChI=1S/C4H4Cl4O3/c5-2(6)4(7,8)1-11-3(9)10/h2H,1H2,(H,9,10). The van der Waals surface area contributed by atoms with E-state index in [-0.39, 0.29) is 0 Å². The van der Waals surface area contributed by atoms with Crippen LogP contribution in [0.25, 0.3) is 0 Å². The molecule has 66 valence electrons. The van der Waals surface area contributed by atoms with Crippen molar-refractivity contribution < 1.29 is 14.6 Å². The Morgan fingerprint density at radius 2 is 2.00 bits per heavy atom. The SMILES string of the molecule is O=C(O)OCC(Cl)(Cl)C(Cl)Cl. The Morgan fingerprint density at radius 3 is 2.27 bits per heavy atom. The molecule has 7 heteroatoms. The monoisotopic (exact) mass is 240 g/mol. The van der Waals surface area contributed by atoms with Crippen LogP contribution < -0.4 is 0 Å². The van der Waals surface area contributed by atoms with Crippen molar-refractivity contribution in [2.24, 2.45) is 0 Å². The molecule has 0 spiro atoms. The van der Waals surface area contributed by atoms with Gasteiger partial charge in [-0.3, -0.25) is 0 Å². The molecule has 0 aromatic rings. The molecule has 0 aromatic heterocycles. The molecule has 0 atom stereocenters. The molecule has 0 saturated heterocycles. The summed E-state index contributed by atoms with van der Waals surface area (Å²) in [6, 6.07) is 0. The van der Waals surface area contributed by atoms with Gasteiger partial charge in [-0.25, -0.2) is 4.79 Å². The van der Waals surface area contributed by atoms with E-state index >= 15 is 0 Å². The van der Waals surface area contributed by atoms with Gasteiger partial charge in [0.15, 0.2) is 4.33 Å². The summed E-state index contributed by atoms with van der Waals surface area (Å²) < 4.78 is 2.46. The van der Waals surface area contributed by atoms with Gasteiger partial charge in [0, 0.05) is 0 Å². The number of alkyl halides is 4. The highest BCUT2D eigenvalue weighted by Gasteiger charge is 2.33. The zero-order valence-electron chi connectivity index (χ0n) is 5.06. The first-order valence-electron chi connectivity index (χ1n) is 2.38. The Bertz CT molecular complexity index is 146. The van der Waals surface area contributed by atoms with Gasteiger partial charge in [-0.2, -0.15) is 0 Å². The molecular weight excluding hydrogens is 238 g/mol. The number of hydrogen-bond acceptors (Lipinski definition) is 2. The molecule has 0 fully saturated rings. The molecule has 0 aliphatic carbocycles. The van der Waals surface area contributed by atoms with Crippen LogP contribution in [0.1, 0.15) is 0 Å². The van der Waals surface area contributed by atoms with Crippen molar-refractivity contribution in [2.45, 2.75) is 9.17 Å². The Morgan fingerprint density at radius 1 is 1.55 bits per heavy atom. The fraction of sp³-hybridized carbons (Fsp3) is 0.750. The lowest BCUT2D eigenvalue weighted by molar-refractivity contribution is 0.0895. The van der Waals surface area contributed by atoms with E-state index in [0.29, 0.717) is 0 Å². The second kappa shape index (κ2) is 4.45. The van der Waals surface area contributed by atoms with E-state index < -0.39 is 21.9 Å². The highest BCUT2D eigenvalue weighted by Crippen LogP contribution is 2.32. The van der Waals surface area contributed by atoms with Crippen molar-refractivity contribution in [2.75, 3.05) is 6.61 Å². The average Bonchev–Trinajstić information content (AvgIpc) is 1.84. The quantitative estimate of drug-likeness (QED) is 0.611. The third kappa shape index (κ3) is 4.80. The van der Waals surface area contributed by atoms with E-state index in [9.17, 15) is 4.79 Å². The van der Waals surface area contributed by atoms with E-state index in [1.54, 1.807) is 0 Å². The van der Waals surface area contributed by atoms with E-state index in [4.69, 9.17) is 51.5 Å². The average molecular weight is 242 g/mol. The van der Waals surface area contributed by atoms with Crippen LogP contribution in [0, 0.1) is 0 Å². The Hall–Kier alpha value is 0.430. The van der Waals surface area contributed by atoms with Crippen LogP contribution in [0.3, 0.4) is 0 Å². The van der Waals surface area contributed by atoms with Crippen molar-refractivity contribution in [3.63, 3.8) is 0 Å². The first kappa shape index (κ1) is 11.4. The van der Waals surface area contributed by atoms with Gasteiger partial charge in [0.1, 0.15) is 11.4 Å². The Labute approximate surface area is 83.1 Å². The lowest BCUT2D eigenvalue weighted by Gasteiger charge is -2.18. The molecule has 0 saturated carbocycles. The van der Waals surface area contributed by atoms with Gasteiger partial charge in [0.2, 0.25) is 0 Å². The van der Waals surface area contributed by atoms with E-state index in [2.05, 4.69) is 4.74 Å². The number of carbonyl (C=O) groups is 1. The van der Waals surface area contributed by atoms with Crippen molar-refractivity contribution in [3.05, 3.63) is 0 Å². The zero-order chi connectivity index (χ0) is 9.07. The predicted molar refractivity (Wildman–Crippen MR) is 43.9 cm³/mol. The summed E-state index contributed by atoms with van der Waals surface area (Å²) >= 11 is 21.4. The minimum absolute atomic E-state index is 0.469. The van der Waals surface area contributed by atoms with Crippen molar-refractivity contribution in [1.29, 1.82) is 0 Å². The third-order valence-corrected chi connectivity index (χ3v) is 2.55. The van der Waals surface area contributed by atoms with Crippen molar-refractivity contribution in [3.8, 4) is 0 Å². The summed E-state index contributed by atoms with van der Waals surface area (Å²) in [6.45, 7) is -0.469. The van der Waals surface area contributed by atoms with Gasteiger partial charge in [0.25, 0.3) is 0 Å². The number of carboxylic acid groups (broad SMARTS) is 1. The fourth-order valence-electron chi connectivity index (χ4n) is 0.221. The highest BCUT2D eigenvalue weighted by atomic mass is 35.5. The van der Waals surface area contributed by atoms with Gasteiger partial charge < -0.3 is 9.84 Å². The maximum Gasteiger partial charge on any atom is 0.505 e. The number of hydrogen-bond donors (Lipinski definition) is 1. The molecule has 0 unspecified atom stereocenters. The highest BCUT2D eigenvalue weighted by molar-refractivity contribution is 6.59. The molecule has 3 nitrogen and oxygen atoms in total. The van der Waals surface area contributed by atoms with E-state index in [0.717, 1.165) is 0 Å². The van der Waals surface area contributed by atoms with Gasteiger partial charge in [0.05, 0.1) is 0 Å². The van der Waals surface area contributed by atoms with Crippen molar-refractivity contribution in [1.82, 2.24) is 0 Å². The van der Waals surface area contributed by atoms with Crippen LogP contribution in [0.5, 0.6) is 0 Å². The topological polar surface area (TPSA) is 46.5 Å². The first-order valence-corrected chi connectivity index (χ1v) is 4.01. The summed E-state index contributed by atoms with van der Waals surface area (Å²) in [7, 11) is 0. The molecule has 1 N–H and O–H groups in total. The van der Waals surface area contributed by atoms with Gasteiger partial charge in [-0.15, -0.1) is 23.2 Å². The van der Waals surface area contributed by atoms with Gasteiger partial charge in [-0.05, 0) is 0 Å². The lowest BCUT2D eigenvalue weighted by Crippen LogP contribution is -2.29. The summed E-state index contributed by atoms with van der Waals surface area (Å²) in [6.07, 6.45) is -1.48. The second-order valence-electron chi connectivity index (χ2n) is 1.62. The summed E-state index contributed by atoms with van der Waals surface area (Å²) in [5.74, 6) is 0. The lowest BCUT2D eigenvalue weighted by atomic mass is 10.5. The maximum absolute atomic E-state index is 9.84. The van der Waals surface area contributed by atoms with Crippen LogP contribution in [-0.4, -0.2) is 27.0 Å². The molecule has 0 aliphatic heterocycles. The normalized spacial score (nSPS) is 11.7. The molecule has 0 heterocycles. The number of ether oxygens (including phenoxy) is 1. The van der Waals surface area contributed by atoms with Crippen LogP contribution >= 0.6 is 46.4 Å². The Kier molecular flexibility index (Phi) is 4.63. The van der Waals surface area contributed by atoms with E-state index in [1.807, 2.05) is 0 Å². The van der Waals surface area contributed by atoms with Crippen LogP contribution in [-0.2, 0) is 4.74 Å².